The van der Waals surface area contributed by atoms with Crippen LogP contribution in [-0.2, 0) is 4.79 Å². The highest BCUT2D eigenvalue weighted by molar-refractivity contribution is 6.30. The van der Waals surface area contributed by atoms with Crippen LogP contribution in [0.3, 0.4) is 0 Å². The van der Waals surface area contributed by atoms with Gasteiger partial charge in [0.15, 0.2) is 5.78 Å². The molecule has 116 valence electrons. The van der Waals surface area contributed by atoms with Gasteiger partial charge in [-0.25, -0.2) is 0 Å². The second kappa shape index (κ2) is 7.57. The van der Waals surface area contributed by atoms with E-state index in [-0.39, 0.29) is 30.4 Å². The number of halogens is 1. The molecular formula is C16H23ClN2O2. The van der Waals surface area contributed by atoms with Crippen molar-refractivity contribution in [2.45, 2.75) is 39.2 Å². The number of nitrogens with two attached hydrogens (primary N) is 1. The molecule has 0 fully saturated rings. The Bertz CT molecular complexity index is 500. The van der Waals surface area contributed by atoms with E-state index in [9.17, 15) is 9.59 Å². The van der Waals surface area contributed by atoms with E-state index in [2.05, 4.69) is 5.32 Å². The number of hydrogen-bond donors (Lipinski definition) is 2. The second-order valence-electron chi connectivity index (χ2n) is 5.75. The molecule has 0 aliphatic carbocycles. The van der Waals surface area contributed by atoms with Gasteiger partial charge in [-0.15, -0.1) is 0 Å². The van der Waals surface area contributed by atoms with E-state index in [0.29, 0.717) is 17.1 Å². The zero-order valence-electron chi connectivity index (χ0n) is 12.8. The van der Waals surface area contributed by atoms with Gasteiger partial charge < -0.3 is 11.1 Å². The molecule has 0 heterocycles. The molecule has 0 radical (unpaired) electrons. The largest absolute Gasteiger partial charge is 0.349 e. The molecule has 1 atom stereocenters. The molecule has 4 nitrogen and oxygen atoms in total. The topological polar surface area (TPSA) is 72.2 Å². The molecule has 0 saturated carbocycles. The highest BCUT2D eigenvalue weighted by atomic mass is 35.5. The predicted octanol–water partition coefficient (Wildman–Crippen LogP) is 2.79. The highest BCUT2D eigenvalue weighted by Gasteiger charge is 2.28. The van der Waals surface area contributed by atoms with E-state index in [0.717, 1.165) is 0 Å². The maximum Gasteiger partial charge on any atom is 0.220 e. The minimum atomic E-state index is -0.444. The van der Waals surface area contributed by atoms with Crippen LogP contribution < -0.4 is 11.1 Å². The SMILES string of the molecule is CC(C)C(C)(CN)NC(=O)CCC(=O)c1ccc(Cl)cc1. The van der Waals surface area contributed by atoms with Gasteiger partial charge in [-0.1, -0.05) is 25.4 Å². The Labute approximate surface area is 131 Å². The van der Waals surface area contributed by atoms with Gasteiger partial charge in [-0.2, -0.15) is 0 Å². The lowest BCUT2D eigenvalue weighted by Crippen LogP contribution is -2.55. The molecule has 1 amide bonds. The molecule has 1 rings (SSSR count). The number of nitrogens with one attached hydrogen (secondary N) is 1. The molecule has 1 aromatic carbocycles. The van der Waals surface area contributed by atoms with E-state index in [1.165, 1.54) is 0 Å². The molecule has 0 aliphatic rings. The number of hydrogen-bond acceptors (Lipinski definition) is 3. The fraction of sp³-hybridized carbons (Fsp3) is 0.500. The molecule has 0 saturated heterocycles. The minimum Gasteiger partial charge on any atom is -0.349 e. The second-order valence-corrected chi connectivity index (χ2v) is 6.19. The first-order chi connectivity index (χ1) is 9.78. The molecular weight excluding hydrogens is 288 g/mol. The zero-order valence-corrected chi connectivity index (χ0v) is 13.5. The van der Waals surface area contributed by atoms with Crippen LogP contribution in [0.2, 0.25) is 5.02 Å². The summed E-state index contributed by atoms with van der Waals surface area (Å²) in [6.07, 6.45) is 0.329. The van der Waals surface area contributed by atoms with Crippen molar-refractivity contribution in [3.05, 3.63) is 34.9 Å². The molecule has 1 unspecified atom stereocenters. The number of ketones is 1. The van der Waals surface area contributed by atoms with E-state index in [1.807, 2.05) is 20.8 Å². The molecule has 21 heavy (non-hydrogen) atoms. The maximum absolute atomic E-state index is 12.0. The summed E-state index contributed by atoms with van der Waals surface area (Å²) in [5.41, 5.74) is 5.85. The Balaban J connectivity index is 2.53. The third-order valence-corrected chi connectivity index (χ3v) is 4.12. The number of rotatable bonds is 7. The third-order valence-electron chi connectivity index (χ3n) is 3.87. The van der Waals surface area contributed by atoms with Crippen LogP contribution in [0, 0.1) is 5.92 Å². The first-order valence-corrected chi connectivity index (χ1v) is 7.46. The van der Waals surface area contributed by atoms with Crippen LogP contribution >= 0.6 is 11.6 Å². The highest BCUT2D eigenvalue weighted by Crippen LogP contribution is 2.16. The zero-order chi connectivity index (χ0) is 16.0. The summed E-state index contributed by atoms with van der Waals surface area (Å²) in [6.45, 7) is 6.29. The van der Waals surface area contributed by atoms with Gasteiger partial charge in [0.05, 0.1) is 5.54 Å². The minimum absolute atomic E-state index is 0.0687. The van der Waals surface area contributed by atoms with Crippen molar-refractivity contribution in [1.29, 1.82) is 0 Å². The quantitative estimate of drug-likeness (QED) is 0.761. The van der Waals surface area contributed by atoms with Crippen molar-refractivity contribution in [1.82, 2.24) is 5.32 Å². The summed E-state index contributed by atoms with van der Waals surface area (Å²) in [4.78, 5) is 24.0. The summed E-state index contributed by atoms with van der Waals surface area (Å²) in [7, 11) is 0. The van der Waals surface area contributed by atoms with Crippen LogP contribution in [0.25, 0.3) is 0 Å². The summed E-state index contributed by atoms with van der Waals surface area (Å²) < 4.78 is 0. The van der Waals surface area contributed by atoms with Crippen LogP contribution in [0.15, 0.2) is 24.3 Å². The lowest BCUT2D eigenvalue weighted by atomic mass is 9.88. The van der Waals surface area contributed by atoms with Crippen LogP contribution in [0.5, 0.6) is 0 Å². The van der Waals surface area contributed by atoms with Crippen molar-refractivity contribution < 1.29 is 9.59 Å². The molecule has 3 N–H and O–H groups in total. The Hall–Kier alpha value is -1.39. The number of carbonyl (C=O) groups excluding carboxylic acids is 2. The van der Waals surface area contributed by atoms with Crippen molar-refractivity contribution in [3.8, 4) is 0 Å². The standard InChI is InChI=1S/C16H23ClN2O2/c1-11(2)16(3,10-18)19-15(21)9-8-14(20)12-4-6-13(17)7-5-12/h4-7,11H,8-10,18H2,1-3H3,(H,19,21). The maximum atomic E-state index is 12.0. The third kappa shape index (κ3) is 5.14. The summed E-state index contributed by atoms with van der Waals surface area (Å²) in [5.74, 6) is -0.00167. The normalized spacial score (nSPS) is 13.8. The van der Waals surface area contributed by atoms with E-state index >= 15 is 0 Å². The Morgan fingerprint density at radius 1 is 1.24 bits per heavy atom. The molecule has 1 aromatic rings. The lowest BCUT2D eigenvalue weighted by molar-refractivity contribution is -0.123. The average molecular weight is 311 g/mol. The summed E-state index contributed by atoms with van der Waals surface area (Å²) >= 11 is 5.77. The summed E-state index contributed by atoms with van der Waals surface area (Å²) in [5, 5.41) is 3.50. The van der Waals surface area contributed by atoms with E-state index in [4.69, 9.17) is 17.3 Å². The Morgan fingerprint density at radius 2 is 1.81 bits per heavy atom. The van der Waals surface area contributed by atoms with Gasteiger partial charge in [0.1, 0.15) is 0 Å². The first kappa shape index (κ1) is 17.7. The van der Waals surface area contributed by atoms with Crippen molar-refractivity contribution in [3.63, 3.8) is 0 Å². The first-order valence-electron chi connectivity index (χ1n) is 7.08. The number of benzene rings is 1. The van der Waals surface area contributed by atoms with Crippen molar-refractivity contribution in [2.24, 2.45) is 11.7 Å². The molecule has 0 bridgehead atoms. The molecule has 0 aromatic heterocycles. The van der Waals surface area contributed by atoms with Crippen molar-refractivity contribution in [2.75, 3.05) is 6.54 Å². The number of amides is 1. The van der Waals surface area contributed by atoms with Crippen LogP contribution in [0.1, 0.15) is 44.0 Å². The predicted molar refractivity (Wildman–Crippen MR) is 85.5 cm³/mol. The van der Waals surface area contributed by atoms with Crippen LogP contribution in [-0.4, -0.2) is 23.8 Å². The van der Waals surface area contributed by atoms with E-state index < -0.39 is 5.54 Å². The van der Waals surface area contributed by atoms with Gasteiger partial charge in [0, 0.05) is 30.0 Å². The van der Waals surface area contributed by atoms with Crippen LogP contribution in [0.4, 0.5) is 0 Å². The summed E-state index contributed by atoms with van der Waals surface area (Å²) in [6, 6.07) is 6.67. The van der Waals surface area contributed by atoms with E-state index in [1.54, 1.807) is 24.3 Å². The number of Topliss-reactive ketones (excluding diaryl/α,β-unsaturated/α-hetero) is 1. The van der Waals surface area contributed by atoms with Gasteiger partial charge >= 0.3 is 0 Å². The molecule has 0 aliphatic heterocycles. The fourth-order valence-corrected chi connectivity index (χ4v) is 1.95. The Morgan fingerprint density at radius 3 is 2.29 bits per heavy atom. The smallest absolute Gasteiger partial charge is 0.220 e. The van der Waals surface area contributed by atoms with Crippen molar-refractivity contribution >= 4 is 23.3 Å². The number of carbonyl (C=O) groups is 2. The van der Waals surface area contributed by atoms with Gasteiger partial charge in [-0.05, 0) is 37.1 Å². The molecule has 5 heteroatoms. The lowest BCUT2D eigenvalue weighted by Gasteiger charge is -2.33. The van der Waals surface area contributed by atoms with Gasteiger partial charge in [0.2, 0.25) is 5.91 Å². The molecule has 0 spiro atoms. The van der Waals surface area contributed by atoms with Gasteiger partial charge in [-0.3, -0.25) is 9.59 Å². The Kier molecular flexibility index (Phi) is 6.37. The average Bonchev–Trinajstić information content (AvgIpc) is 2.45. The monoisotopic (exact) mass is 310 g/mol. The van der Waals surface area contributed by atoms with Gasteiger partial charge in [0.25, 0.3) is 0 Å². The fourth-order valence-electron chi connectivity index (χ4n) is 1.82.